The number of ether oxygens (including phenoxy) is 3. The Labute approximate surface area is 129 Å². The number of hydrogen-bond acceptors (Lipinski definition) is 7. The molecular weight excluding hydrogens is 294 g/mol. The molecule has 0 bridgehead atoms. The summed E-state index contributed by atoms with van der Waals surface area (Å²) < 4.78 is 16.4. The van der Waals surface area contributed by atoms with Gasteiger partial charge in [-0.3, -0.25) is 14.9 Å². The van der Waals surface area contributed by atoms with E-state index in [1.807, 2.05) is 0 Å². The van der Waals surface area contributed by atoms with E-state index in [9.17, 15) is 20.0 Å². The van der Waals surface area contributed by atoms with Crippen LogP contribution < -0.4 is 0 Å². The first-order valence-corrected chi connectivity index (χ1v) is 7.25. The van der Waals surface area contributed by atoms with Crippen molar-refractivity contribution < 1.29 is 29.0 Å². The fraction of sp³-hybridized carbons (Fsp3) is 0.929. The molecule has 0 saturated carbocycles. The molecule has 1 fully saturated rings. The van der Waals surface area contributed by atoms with Gasteiger partial charge in [0.15, 0.2) is 5.79 Å². The summed E-state index contributed by atoms with van der Waals surface area (Å²) in [6.07, 6.45) is -2.34. The number of nitrogens with zero attached hydrogens (tertiary/aromatic N) is 1. The van der Waals surface area contributed by atoms with E-state index in [-0.39, 0.29) is 12.8 Å². The maximum Gasteiger partial charge on any atom is 0.308 e. The third-order valence-corrected chi connectivity index (χ3v) is 2.96. The van der Waals surface area contributed by atoms with Gasteiger partial charge in [0, 0.05) is 11.3 Å². The lowest BCUT2D eigenvalue weighted by molar-refractivity contribution is -0.495. The van der Waals surface area contributed by atoms with Gasteiger partial charge in [0.1, 0.15) is 11.7 Å². The van der Waals surface area contributed by atoms with Crippen LogP contribution in [0, 0.1) is 10.1 Å². The van der Waals surface area contributed by atoms with Crippen molar-refractivity contribution in [3.05, 3.63) is 10.1 Å². The molecule has 1 aliphatic rings. The van der Waals surface area contributed by atoms with Gasteiger partial charge in [-0.25, -0.2) is 0 Å². The predicted octanol–water partition coefficient (Wildman–Crippen LogP) is 1.27. The zero-order valence-corrected chi connectivity index (χ0v) is 13.7. The van der Waals surface area contributed by atoms with Crippen LogP contribution in [0.3, 0.4) is 0 Å². The summed E-state index contributed by atoms with van der Waals surface area (Å²) in [5.41, 5.74) is -0.595. The summed E-state index contributed by atoms with van der Waals surface area (Å²) in [6, 6.07) is 0. The Balaban J connectivity index is 2.67. The van der Waals surface area contributed by atoms with Gasteiger partial charge in [-0.1, -0.05) is 0 Å². The Morgan fingerprint density at radius 3 is 2.55 bits per heavy atom. The zero-order chi connectivity index (χ0) is 17.1. The summed E-state index contributed by atoms with van der Waals surface area (Å²) >= 11 is 0. The van der Waals surface area contributed by atoms with E-state index in [0.29, 0.717) is 0 Å². The molecule has 0 aromatic rings. The molecule has 0 aromatic carbocycles. The Hall–Kier alpha value is -1.25. The van der Waals surface area contributed by atoms with Crippen LogP contribution in [0.5, 0.6) is 0 Å². The van der Waals surface area contributed by atoms with E-state index in [2.05, 4.69) is 0 Å². The van der Waals surface area contributed by atoms with Crippen molar-refractivity contribution in [1.29, 1.82) is 0 Å². The highest BCUT2D eigenvalue weighted by Crippen LogP contribution is 2.30. The molecule has 0 aromatic heterocycles. The van der Waals surface area contributed by atoms with Crippen LogP contribution in [0.2, 0.25) is 0 Å². The normalized spacial score (nSPS) is 26.3. The molecule has 8 heteroatoms. The lowest BCUT2D eigenvalue weighted by Crippen LogP contribution is -2.51. The van der Waals surface area contributed by atoms with Crippen molar-refractivity contribution in [2.24, 2.45) is 0 Å². The molecule has 0 radical (unpaired) electrons. The van der Waals surface area contributed by atoms with Gasteiger partial charge < -0.3 is 19.3 Å². The van der Waals surface area contributed by atoms with E-state index in [0.717, 1.165) is 0 Å². The lowest BCUT2D eigenvalue weighted by atomic mass is 10.0. The number of aliphatic hydroxyl groups excluding tert-OH is 1. The minimum atomic E-state index is -1.25. The van der Waals surface area contributed by atoms with Crippen LogP contribution in [0.1, 0.15) is 47.5 Å². The van der Waals surface area contributed by atoms with E-state index >= 15 is 0 Å². The lowest BCUT2D eigenvalue weighted by Gasteiger charge is -2.41. The molecule has 1 saturated heterocycles. The summed E-state index contributed by atoms with van der Waals surface area (Å²) in [4.78, 5) is 21.8. The van der Waals surface area contributed by atoms with Gasteiger partial charge in [0.25, 0.3) is 0 Å². The van der Waals surface area contributed by atoms with Crippen LogP contribution in [0.25, 0.3) is 0 Å². The molecule has 1 N–H and O–H groups in total. The molecule has 1 heterocycles. The number of carbonyl (C=O) groups is 1. The average molecular weight is 319 g/mol. The second-order valence-corrected chi connectivity index (χ2v) is 6.90. The second kappa shape index (κ2) is 6.89. The fourth-order valence-electron chi connectivity index (χ4n) is 2.35. The van der Waals surface area contributed by atoms with Crippen LogP contribution in [-0.2, 0) is 19.0 Å². The minimum absolute atomic E-state index is 0.00570. The first-order valence-electron chi connectivity index (χ1n) is 7.25. The van der Waals surface area contributed by atoms with Crippen LogP contribution >= 0.6 is 0 Å². The monoisotopic (exact) mass is 319 g/mol. The maximum atomic E-state index is 11.9. The van der Waals surface area contributed by atoms with E-state index in [1.165, 1.54) is 0 Å². The Morgan fingerprint density at radius 2 is 2.05 bits per heavy atom. The average Bonchev–Trinajstić information content (AvgIpc) is 2.22. The number of nitro groups is 1. The summed E-state index contributed by atoms with van der Waals surface area (Å²) in [5.74, 6) is -1.45. The SMILES string of the molecule is CC(C)(C)OC(=O)C[C@H]1C[C@@H]([C@H](O)C[N+](=O)[O-])OC(C)(C)O1. The zero-order valence-electron chi connectivity index (χ0n) is 13.7. The maximum absolute atomic E-state index is 11.9. The highest BCUT2D eigenvalue weighted by Gasteiger charge is 2.41. The van der Waals surface area contributed by atoms with Crippen molar-refractivity contribution >= 4 is 5.97 Å². The smallest absolute Gasteiger partial charge is 0.308 e. The van der Waals surface area contributed by atoms with E-state index in [4.69, 9.17) is 14.2 Å². The highest BCUT2D eigenvalue weighted by molar-refractivity contribution is 5.70. The molecule has 1 aliphatic heterocycles. The summed E-state index contributed by atoms with van der Waals surface area (Å²) in [5, 5.41) is 20.4. The predicted molar refractivity (Wildman–Crippen MR) is 76.8 cm³/mol. The molecule has 1 rings (SSSR count). The molecular formula is C14H25NO7. The van der Waals surface area contributed by atoms with Gasteiger partial charge in [0.05, 0.1) is 18.6 Å². The van der Waals surface area contributed by atoms with Crippen molar-refractivity contribution in [2.75, 3.05) is 6.54 Å². The first kappa shape index (κ1) is 18.8. The molecule has 22 heavy (non-hydrogen) atoms. The largest absolute Gasteiger partial charge is 0.460 e. The molecule has 0 aliphatic carbocycles. The Bertz CT molecular complexity index is 416. The topological polar surface area (TPSA) is 108 Å². The van der Waals surface area contributed by atoms with E-state index in [1.54, 1.807) is 34.6 Å². The molecule has 3 atom stereocenters. The third-order valence-electron chi connectivity index (χ3n) is 2.96. The molecule has 8 nitrogen and oxygen atoms in total. The van der Waals surface area contributed by atoms with E-state index < -0.39 is 47.1 Å². The van der Waals surface area contributed by atoms with Gasteiger partial charge in [-0.2, -0.15) is 0 Å². The highest BCUT2D eigenvalue weighted by atomic mass is 16.7. The summed E-state index contributed by atoms with van der Waals surface area (Å²) in [6.45, 7) is 7.97. The molecule has 128 valence electrons. The number of rotatable bonds is 5. The number of esters is 1. The molecule has 0 amide bonds. The van der Waals surface area contributed by atoms with Crippen molar-refractivity contribution in [3.8, 4) is 0 Å². The van der Waals surface area contributed by atoms with Crippen LogP contribution in [-0.4, -0.2) is 52.2 Å². The number of hydrogen-bond donors (Lipinski definition) is 1. The van der Waals surface area contributed by atoms with Gasteiger partial charge in [-0.05, 0) is 34.6 Å². The first-order chi connectivity index (χ1) is 9.88. The van der Waals surface area contributed by atoms with Crippen LogP contribution in [0.4, 0.5) is 0 Å². The fourth-order valence-corrected chi connectivity index (χ4v) is 2.35. The number of aliphatic hydroxyl groups is 1. The van der Waals surface area contributed by atoms with Crippen molar-refractivity contribution in [3.63, 3.8) is 0 Å². The van der Waals surface area contributed by atoms with Gasteiger partial charge in [0.2, 0.25) is 6.54 Å². The van der Waals surface area contributed by atoms with Gasteiger partial charge >= 0.3 is 5.97 Å². The quantitative estimate of drug-likeness (QED) is 0.461. The Morgan fingerprint density at radius 1 is 1.45 bits per heavy atom. The van der Waals surface area contributed by atoms with Crippen molar-refractivity contribution in [2.45, 2.75) is 77.2 Å². The van der Waals surface area contributed by atoms with Crippen molar-refractivity contribution in [1.82, 2.24) is 0 Å². The minimum Gasteiger partial charge on any atom is -0.460 e. The standard InChI is InChI=1S/C14H25NO7/c1-13(2,3)22-12(17)7-9-6-11(10(16)8-15(18)19)21-14(4,5)20-9/h9-11,16H,6-8H2,1-5H3/t9-,10-,11+/m1/s1. The number of carbonyl (C=O) groups excluding carboxylic acids is 1. The van der Waals surface area contributed by atoms with Crippen LogP contribution in [0.15, 0.2) is 0 Å². The molecule has 0 unspecified atom stereocenters. The van der Waals surface area contributed by atoms with Gasteiger partial charge in [-0.15, -0.1) is 0 Å². The summed E-state index contributed by atoms with van der Waals surface area (Å²) in [7, 11) is 0. The second-order valence-electron chi connectivity index (χ2n) is 6.90. The third kappa shape index (κ3) is 6.67. The molecule has 0 spiro atoms. The Kier molecular flexibility index (Phi) is 5.89.